The second kappa shape index (κ2) is 5.93. The zero-order valence-electron chi connectivity index (χ0n) is 13.7. The third-order valence-electron chi connectivity index (χ3n) is 4.39. The summed E-state index contributed by atoms with van der Waals surface area (Å²) >= 11 is 0. The molecule has 3 aromatic rings. The minimum atomic E-state index is -0.211. The predicted molar refractivity (Wildman–Crippen MR) is 93.9 cm³/mol. The van der Waals surface area contributed by atoms with Crippen molar-refractivity contribution in [2.75, 3.05) is 14.2 Å². The van der Waals surface area contributed by atoms with Gasteiger partial charge in [0.2, 0.25) is 0 Å². The Hall–Kier alpha value is -2.94. The minimum absolute atomic E-state index is 0.211. The van der Waals surface area contributed by atoms with Crippen molar-refractivity contribution in [3.05, 3.63) is 77.9 Å². The Morgan fingerprint density at radius 2 is 1.54 bits per heavy atom. The first-order valence-electron chi connectivity index (χ1n) is 7.88. The molecule has 0 fully saturated rings. The van der Waals surface area contributed by atoms with E-state index >= 15 is 0 Å². The Balaban J connectivity index is 1.93. The molecule has 1 atom stereocenters. The van der Waals surface area contributed by atoms with E-state index in [1.54, 1.807) is 14.2 Å². The molecule has 3 nitrogen and oxygen atoms in total. The zero-order valence-corrected chi connectivity index (χ0v) is 13.7. The number of hydrogen-bond acceptors (Lipinski definition) is 3. The number of hydrogen-bond donors (Lipinski definition) is 0. The van der Waals surface area contributed by atoms with Gasteiger partial charge in [0.25, 0.3) is 0 Å². The fraction of sp³-hybridized carbons (Fsp3) is 0.143. The van der Waals surface area contributed by atoms with Crippen LogP contribution in [0, 0.1) is 0 Å². The van der Waals surface area contributed by atoms with Gasteiger partial charge in [-0.2, -0.15) is 0 Å². The fourth-order valence-electron chi connectivity index (χ4n) is 3.22. The number of para-hydroxylation sites is 2. The second-order valence-corrected chi connectivity index (χ2v) is 5.69. The third kappa shape index (κ3) is 2.29. The van der Waals surface area contributed by atoms with Crippen molar-refractivity contribution in [2.45, 2.75) is 6.10 Å². The van der Waals surface area contributed by atoms with Crippen molar-refractivity contribution in [3.63, 3.8) is 0 Å². The molecule has 4 rings (SSSR count). The van der Waals surface area contributed by atoms with E-state index in [1.807, 2.05) is 48.5 Å². The Labute approximate surface area is 141 Å². The van der Waals surface area contributed by atoms with Crippen LogP contribution in [0.2, 0.25) is 0 Å². The molecule has 1 aliphatic heterocycles. The van der Waals surface area contributed by atoms with Gasteiger partial charge >= 0.3 is 0 Å². The van der Waals surface area contributed by atoms with E-state index in [-0.39, 0.29) is 6.10 Å². The first-order valence-corrected chi connectivity index (χ1v) is 7.88. The topological polar surface area (TPSA) is 27.7 Å². The van der Waals surface area contributed by atoms with Gasteiger partial charge in [-0.25, -0.2) is 0 Å². The number of ether oxygens (including phenoxy) is 3. The average Bonchev–Trinajstić information content (AvgIpc) is 2.66. The van der Waals surface area contributed by atoms with Crippen LogP contribution < -0.4 is 14.2 Å². The molecule has 1 heterocycles. The summed E-state index contributed by atoms with van der Waals surface area (Å²) in [6.45, 7) is 0. The lowest BCUT2D eigenvalue weighted by atomic mass is 9.89. The van der Waals surface area contributed by atoms with Gasteiger partial charge in [0.15, 0.2) is 6.10 Å². The van der Waals surface area contributed by atoms with Crippen molar-refractivity contribution in [1.82, 2.24) is 0 Å². The van der Waals surface area contributed by atoms with E-state index in [2.05, 4.69) is 18.2 Å². The molecule has 0 aromatic heterocycles. The van der Waals surface area contributed by atoms with Crippen LogP contribution in [0.3, 0.4) is 0 Å². The predicted octanol–water partition coefficient (Wildman–Crippen LogP) is 4.85. The van der Waals surface area contributed by atoms with E-state index < -0.39 is 0 Å². The van der Waals surface area contributed by atoms with Gasteiger partial charge < -0.3 is 14.2 Å². The van der Waals surface area contributed by atoms with E-state index in [1.165, 1.54) is 0 Å². The maximum absolute atomic E-state index is 6.34. The van der Waals surface area contributed by atoms with Gasteiger partial charge in [0, 0.05) is 16.7 Å². The van der Waals surface area contributed by atoms with Gasteiger partial charge in [0.1, 0.15) is 17.2 Å². The summed E-state index contributed by atoms with van der Waals surface area (Å²) in [4.78, 5) is 0. The first-order chi connectivity index (χ1) is 11.8. The van der Waals surface area contributed by atoms with Crippen molar-refractivity contribution >= 4 is 0 Å². The van der Waals surface area contributed by atoms with E-state index in [9.17, 15) is 0 Å². The number of fused-ring (bicyclic) bond motifs is 3. The molecular weight excluding hydrogens is 300 g/mol. The summed E-state index contributed by atoms with van der Waals surface area (Å²) in [5.41, 5.74) is 4.34. The Morgan fingerprint density at radius 3 is 2.38 bits per heavy atom. The highest BCUT2D eigenvalue weighted by atomic mass is 16.5. The zero-order chi connectivity index (χ0) is 16.5. The van der Waals surface area contributed by atoms with Gasteiger partial charge in [-0.1, -0.05) is 42.5 Å². The number of benzene rings is 3. The Kier molecular flexibility index (Phi) is 3.62. The Morgan fingerprint density at radius 1 is 0.750 bits per heavy atom. The highest BCUT2D eigenvalue weighted by molar-refractivity contribution is 5.77. The third-order valence-corrected chi connectivity index (χ3v) is 4.39. The molecule has 1 unspecified atom stereocenters. The number of rotatable bonds is 3. The summed E-state index contributed by atoms with van der Waals surface area (Å²) < 4.78 is 17.3. The summed E-state index contributed by atoms with van der Waals surface area (Å²) in [6.07, 6.45) is -0.211. The van der Waals surface area contributed by atoms with Crippen LogP contribution in [0.4, 0.5) is 0 Å². The summed E-state index contributed by atoms with van der Waals surface area (Å²) in [6, 6.07) is 22.2. The van der Waals surface area contributed by atoms with Gasteiger partial charge in [-0.3, -0.25) is 0 Å². The first kappa shape index (κ1) is 14.6. The molecule has 0 saturated carbocycles. The lowest BCUT2D eigenvalue weighted by Gasteiger charge is -2.30. The fourth-order valence-corrected chi connectivity index (χ4v) is 3.22. The van der Waals surface area contributed by atoms with Crippen LogP contribution in [0.5, 0.6) is 17.2 Å². The normalized spacial score (nSPS) is 15.0. The average molecular weight is 318 g/mol. The molecule has 1 aliphatic rings. The van der Waals surface area contributed by atoms with Crippen molar-refractivity contribution in [2.24, 2.45) is 0 Å². The largest absolute Gasteiger partial charge is 0.497 e. The highest BCUT2D eigenvalue weighted by Crippen LogP contribution is 2.47. The molecule has 0 bridgehead atoms. The number of methoxy groups -OCH3 is 2. The summed E-state index contributed by atoms with van der Waals surface area (Å²) in [5, 5.41) is 0. The summed E-state index contributed by atoms with van der Waals surface area (Å²) in [7, 11) is 3.37. The van der Waals surface area contributed by atoms with Crippen molar-refractivity contribution < 1.29 is 14.2 Å². The molecule has 3 heteroatoms. The molecule has 0 aliphatic carbocycles. The molecule has 3 aromatic carbocycles. The van der Waals surface area contributed by atoms with Crippen LogP contribution in [-0.2, 0) is 0 Å². The second-order valence-electron chi connectivity index (χ2n) is 5.69. The van der Waals surface area contributed by atoms with Crippen LogP contribution in [0.25, 0.3) is 11.1 Å². The molecular formula is C21H18O3. The molecule has 0 spiro atoms. The van der Waals surface area contributed by atoms with Gasteiger partial charge in [-0.05, 0) is 29.8 Å². The molecule has 0 N–H and O–H groups in total. The Bertz CT molecular complexity index is 886. The van der Waals surface area contributed by atoms with E-state index in [4.69, 9.17) is 14.2 Å². The lowest BCUT2D eigenvalue weighted by Crippen LogP contribution is -2.16. The van der Waals surface area contributed by atoms with Crippen LogP contribution >= 0.6 is 0 Å². The monoisotopic (exact) mass is 318 g/mol. The smallest absolute Gasteiger partial charge is 0.153 e. The van der Waals surface area contributed by atoms with Crippen molar-refractivity contribution in [1.29, 1.82) is 0 Å². The van der Waals surface area contributed by atoms with E-state index in [0.717, 1.165) is 39.5 Å². The van der Waals surface area contributed by atoms with Crippen LogP contribution in [-0.4, -0.2) is 14.2 Å². The SMILES string of the molecule is COc1ccc2c(c1)-c1ccccc1OC2c1ccccc1OC. The quantitative estimate of drug-likeness (QED) is 0.691. The molecule has 0 amide bonds. The maximum atomic E-state index is 6.34. The molecule has 24 heavy (non-hydrogen) atoms. The highest BCUT2D eigenvalue weighted by Gasteiger charge is 2.29. The van der Waals surface area contributed by atoms with E-state index in [0.29, 0.717) is 0 Å². The molecule has 0 radical (unpaired) electrons. The standard InChI is InChI=1S/C21H18O3/c1-22-14-11-12-16-18(13-14)15-7-3-6-10-20(15)24-21(16)17-8-4-5-9-19(17)23-2/h3-13,21H,1-2H3. The minimum Gasteiger partial charge on any atom is -0.497 e. The van der Waals surface area contributed by atoms with Crippen molar-refractivity contribution in [3.8, 4) is 28.4 Å². The lowest BCUT2D eigenvalue weighted by molar-refractivity contribution is 0.237. The maximum Gasteiger partial charge on any atom is 0.153 e. The van der Waals surface area contributed by atoms with Crippen LogP contribution in [0.1, 0.15) is 17.2 Å². The van der Waals surface area contributed by atoms with Gasteiger partial charge in [0.05, 0.1) is 14.2 Å². The summed E-state index contributed by atoms with van der Waals surface area (Å²) in [5.74, 6) is 2.53. The van der Waals surface area contributed by atoms with Gasteiger partial charge in [-0.15, -0.1) is 0 Å². The molecule has 120 valence electrons. The van der Waals surface area contributed by atoms with Crippen LogP contribution in [0.15, 0.2) is 66.7 Å². The molecule has 0 saturated heterocycles.